The molecule has 5 aliphatic rings. The second-order valence-corrected chi connectivity index (χ2v) is 17.9. The summed E-state index contributed by atoms with van der Waals surface area (Å²) in [5.74, 6) is -0.931. The summed E-state index contributed by atoms with van der Waals surface area (Å²) in [5.41, 5.74) is 10.0. The molecule has 354 valence electrons. The fourth-order valence-corrected chi connectivity index (χ4v) is 9.84. The second-order valence-electron chi connectivity index (χ2n) is 17.9. The van der Waals surface area contributed by atoms with E-state index in [1.54, 1.807) is 55.7 Å². The van der Waals surface area contributed by atoms with E-state index >= 15 is 0 Å². The molecule has 0 spiro atoms. The Morgan fingerprint density at radius 1 is 0.838 bits per heavy atom. The SMILES string of the molecule is CCc1cc2[nH]c1/C=C1/CC(CC)/C(=C/C3=NC4=C(C5=NC(CC5CCC(=O)Oc5ccc(/C=C/C(=O)CC(=O)/C=C/c6ccc(OC(C)=O)c(OC)c6)cc5OC)C2C)C(OC)C(=O)C4C3)N1. The van der Waals surface area contributed by atoms with E-state index in [-0.39, 0.29) is 48.0 Å². The van der Waals surface area contributed by atoms with Crippen molar-refractivity contribution in [1.29, 1.82) is 0 Å². The molecule has 8 bridgehead atoms. The van der Waals surface area contributed by atoms with Gasteiger partial charge in [-0.1, -0.05) is 45.1 Å². The zero-order chi connectivity index (χ0) is 48.2. The third kappa shape index (κ3) is 10.2. The third-order valence-corrected chi connectivity index (χ3v) is 13.4. The van der Waals surface area contributed by atoms with E-state index in [9.17, 15) is 24.0 Å². The van der Waals surface area contributed by atoms with E-state index in [1.165, 1.54) is 38.9 Å². The Balaban J connectivity index is 0.959. The fourth-order valence-electron chi connectivity index (χ4n) is 9.84. The summed E-state index contributed by atoms with van der Waals surface area (Å²) in [6.45, 7) is 7.84. The number of carbonyl (C=O) groups excluding carboxylic acids is 5. The zero-order valence-corrected chi connectivity index (χ0v) is 39.6. The molecular weight excluding hydrogens is 865 g/mol. The molecule has 0 radical (unpaired) electrons. The highest BCUT2D eigenvalue weighted by molar-refractivity contribution is 6.17. The van der Waals surface area contributed by atoms with Crippen LogP contribution < -0.4 is 24.3 Å². The number of esters is 2. The van der Waals surface area contributed by atoms with Gasteiger partial charge in [0.25, 0.3) is 0 Å². The summed E-state index contributed by atoms with van der Waals surface area (Å²) >= 11 is 0. The number of benzene rings is 2. The molecule has 1 aromatic heterocycles. The van der Waals surface area contributed by atoms with Gasteiger partial charge in [0.2, 0.25) is 0 Å². The van der Waals surface area contributed by atoms with Crippen LogP contribution in [0, 0.1) is 17.8 Å². The maximum atomic E-state index is 14.0. The van der Waals surface area contributed by atoms with Gasteiger partial charge in [0, 0.05) is 84.4 Å². The standard InChI is InChI=1S/C54H58N4O10/c1-8-33-22-36-26-44-34(9-2)23-41(57-44)29(3)42-24-35(51(58-42)50-52-40(53(63)54(50)66-7)25-37(56-52)27-43(33)55-36)14-19-49(62)68-46-18-13-32(21-48(46)65-6)11-16-39(61)28-38(60)15-10-31-12-17-45(67-30(4)59)47(20-31)64-5/h10-13,15-18,20-21,23,26-27,29,33,35,40,42,54-55,57H,8-9,14,19,22,24-25,28H2,1-7H3/b15-10+,16-11+,36-26-,43-27-. The molecule has 0 amide bonds. The molecule has 2 aromatic carbocycles. The van der Waals surface area contributed by atoms with Crippen molar-refractivity contribution in [3.05, 3.63) is 111 Å². The topological polar surface area (TPSA) is 184 Å². The molecule has 4 aliphatic heterocycles. The van der Waals surface area contributed by atoms with Crippen molar-refractivity contribution in [2.45, 2.75) is 97.1 Å². The molecule has 0 saturated carbocycles. The lowest BCUT2D eigenvalue weighted by atomic mass is 9.86. The van der Waals surface area contributed by atoms with Crippen molar-refractivity contribution in [2.75, 3.05) is 21.3 Å². The first kappa shape index (κ1) is 47.6. The minimum atomic E-state index is -0.791. The number of nitrogens with zero attached hydrogens (tertiary/aromatic N) is 2. The average molecular weight is 923 g/mol. The normalized spacial score (nSPS) is 24.3. The molecule has 1 fully saturated rings. The van der Waals surface area contributed by atoms with Gasteiger partial charge in [-0.15, -0.1) is 0 Å². The monoisotopic (exact) mass is 922 g/mol. The van der Waals surface area contributed by atoms with Crippen LogP contribution in [0.1, 0.15) is 107 Å². The minimum absolute atomic E-state index is 0.0123. The smallest absolute Gasteiger partial charge is 0.311 e. The first-order valence-electron chi connectivity index (χ1n) is 23.3. The highest BCUT2D eigenvalue weighted by Crippen LogP contribution is 2.46. The molecule has 3 aromatic rings. The molecule has 6 atom stereocenters. The van der Waals surface area contributed by atoms with Gasteiger partial charge in [-0.3, -0.25) is 34.0 Å². The number of hydrogen-bond donors (Lipinski definition) is 2. The number of aromatic nitrogens is 1. The number of nitrogens with one attached hydrogen (secondary N) is 2. The van der Waals surface area contributed by atoms with Gasteiger partial charge in [0.05, 0.1) is 38.3 Å². The predicted molar refractivity (Wildman–Crippen MR) is 259 cm³/mol. The lowest BCUT2D eigenvalue weighted by Gasteiger charge is -2.19. The highest BCUT2D eigenvalue weighted by Gasteiger charge is 2.49. The van der Waals surface area contributed by atoms with E-state index in [2.05, 4.69) is 49.3 Å². The summed E-state index contributed by atoms with van der Waals surface area (Å²) in [5, 5.41) is 3.70. The van der Waals surface area contributed by atoms with Crippen molar-refractivity contribution in [2.24, 2.45) is 27.7 Å². The molecule has 6 unspecified atom stereocenters. The van der Waals surface area contributed by atoms with Crippen LogP contribution in [0.2, 0.25) is 0 Å². The van der Waals surface area contributed by atoms with Crippen molar-refractivity contribution in [1.82, 2.24) is 10.3 Å². The van der Waals surface area contributed by atoms with Gasteiger partial charge in [0.1, 0.15) is 6.10 Å². The largest absolute Gasteiger partial charge is 0.493 e. The lowest BCUT2D eigenvalue weighted by Crippen LogP contribution is -2.29. The van der Waals surface area contributed by atoms with Crippen molar-refractivity contribution < 1.29 is 47.7 Å². The zero-order valence-electron chi connectivity index (χ0n) is 39.6. The number of methoxy groups -OCH3 is 3. The molecule has 14 nitrogen and oxygen atoms in total. The van der Waals surface area contributed by atoms with E-state index in [0.29, 0.717) is 47.8 Å². The number of ether oxygens (including phenoxy) is 5. The average Bonchev–Trinajstić information content (AvgIpc) is 4.16. The third-order valence-electron chi connectivity index (χ3n) is 13.4. The maximum Gasteiger partial charge on any atom is 0.311 e. The molecule has 1 saturated heterocycles. The van der Waals surface area contributed by atoms with Gasteiger partial charge in [-0.25, -0.2) is 0 Å². The Morgan fingerprint density at radius 2 is 1.51 bits per heavy atom. The van der Waals surface area contributed by atoms with Gasteiger partial charge in [0.15, 0.2) is 40.3 Å². The van der Waals surface area contributed by atoms with Gasteiger partial charge >= 0.3 is 11.9 Å². The van der Waals surface area contributed by atoms with Crippen molar-refractivity contribution in [3.8, 4) is 23.0 Å². The van der Waals surface area contributed by atoms with Gasteiger partial charge in [-0.05, 0) is 103 Å². The minimum Gasteiger partial charge on any atom is -0.493 e. The summed E-state index contributed by atoms with van der Waals surface area (Å²) < 4.78 is 27.8. The molecule has 8 rings (SSSR count). The van der Waals surface area contributed by atoms with Crippen LogP contribution in [-0.4, -0.2) is 79.2 Å². The maximum absolute atomic E-state index is 14.0. The highest BCUT2D eigenvalue weighted by atomic mass is 16.6. The molecule has 68 heavy (non-hydrogen) atoms. The van der Waals surface area contributed by atoms with Crippen LogP contribution >= 0.6 is 0 Å². The summed E-state index contributed by atoms with van der Waals surface area (Å²) in [6.07, 6.45) is 13.4. The van der Waals surface area contributed by atoms with Crippen LogP contribution in [0.15, 0.2) is 93.3 Å². The lowest BCUT2D eigenvalue weighted by molar-refractivity contribution is -0.135. The number of Topliss-reactive ketones (excluding diaryl/α,β-unsaturated/α-hetero) is 1. The van der Waals surface area contributed by atoms with Crippen LogP contribution in [0.4, 0.5) is 0 Å². The number of fused-ring (bicyclic) bond motifs is 6. The first-order valence-corrected chi connectivity index (χ1v) is 23.3. The number of aryl methyl sites for hydroxylation is 1. The van der Waals surface area contributed by atoms with E-state index in [0.717, 1.165) is 64.7 Å². The molecule has 2 N–H and O–H groups in total. The summed E-state index contributed by atoms with van der Waals surface area (Å²) in [7, 11) is 4.46. The molecule has 1 aliphatic carbocycles. The van der Waals surface area contributed by atoms with Gasteiger partial charge < -0.3 is 34.0 Å². The Morgan fingerprint density at radius 3 is 2.13 bits per heavy atom. The van der Waals surface area contributed by atoms with E-state index in [1.807, 2.05) is 0 Å². The molecular formula is C54H58N4O10. The number of allylic oxidation sites excluding steroid dienone is 6. The first-order chi connectivity index (χ1) is 32.8. The van der Waals surface area contributed by atoms with E-state index in [4.69, 9.17) is 33.7 Å². The number of hydrogen-bond acceptors (Lipinski definition) is 13. The van der Waals surface area contributed by atoms with Crippen LogP contribution in [-0.2, 0) is 35.1 Å². The number of aliphatic imine (C=N–C) groups is 2. The number of H-pyrrole nitrogens is 1. The summed E-state index contributed by atoms with van der Waals surface area (Å²) in [4.78, 5) is 78.7. The van der Waals surface area contributed by atoms with Crippen molar-refractivity contribution in [3.63, 3.8) is 0 Å². The van der Waals surface area contributed by atoms with E-state index < -0.39 is 35.5 Å². The van der Waals surface area contributed by atoms with Crippen molar-refractivity contribution >= 4 is 58.9 Å². The summed E-state index contributed by atoms with van der Waals surface area (Å²) in [6, 6.07) is 11.9. The number of aromatic amines is 1. The Labute approximate surface area is 396 Å². The quantitative estimate of drug-likeness (QED) is 0.0607. The Hall–Kier alpha value is -6.93. The number of rotatable bonds is 16. The Kier molecular flexibility index (Phi) is 14.4. The molecule has 14 heteroatoms. The predicted octanol–water partition coefficient (Wildman–Crippen LogP) is 8.66. The van der Waals surface area contributed by atoms with Crippen LogP contribution in [0.3, 0.4) is 0 Å². The fraction of sp³-hybridized carbons (Fsp3) is 0.389. The Bertz CT molecular complexity index is 2770. The number of carbonyl (C=O) groups is 5. The van der Waals surface area contributed by atoms with Crippen LogP contribution in [0.5, 0.6) is 23.0 Å². The van der Waals surface area contributed by atoms with Gasteiger partial charge in [-0.2, -0.15) is 0 Å². The molecule has 5 heterocycles. The number of ketones is 3. The van der Waals surface area contributed by atoms with Crippen LogP contribution in [0.25, 0.3) is 18.2 Å². The second kappa shape index (κ2) is 20.5.